The van der Waals surface area contributed by atoms with Gasteiger partial charge in [-0.2, -0.15) is 0 Å². The number of nitrogens with zero attached hydrogens (tertiary/aromatic N) is 1. The van der Waals surface area contributed by atoms with Crippen LogP contribution in [0.1, 0.15) is 85.5 Å². The summed E-state index contributed by atoms with van der Waals surface area (Å²) in [7, 11) is 2.02. The van der Waals surface area contributed by atoms with Gasteiger partial charge in [-0.1, -0.05) is 27.2 Å². The lowest BCUT2D eigenvalue weighted by atomic mass is 9.44. The van der Waals surface area contributed by atoms with Crippen molar-refractivity contribution in [2.75, 3.05) is 20.1 Å². The summed E-state index contributed by atoms with van der Waals surface area (Å²) in [6, 6.07) is 0. The van der Waals surface area contributed by atoms with Crippen LogP contribution in [0.5, 0.6) is 0 Å². The molecule has 1 heterocycles. The summed E-state index contributed by atoms with van der Waals surface area (Å²) < 4.78 is 12.5. The van der Waals surface area contributed by atoms with E-state index in [-0.39, 0.29) is 28.8 Å². The molecule has 0 aromatic heterocycles. The molecular formula is C28H45NO4. The molecule has 5 heteroatoms. The maximum absolute atomic E-state index is 13.2. The van der Waals surface area contributed by atoms with Crippen LogP contribution in [-0.4, -0.2) is 55.1 Å². The lowest BCUT2D eigenvalue weighted by Gasteiger charge is -2.61. The number of fused-ring (bicyclic) bond motifs is 6. The molecule has 1 aliphatic heterocycles. The van der Waals surface area contributed by atoms with Gasteiger partial charge in [0, 0.05) is 11.8 Å². The van der Waals surface area contributed by atoms with Gasteiger partial charge in [0.1, 0.15) is 11.9 Å². The van der Waals surface area contributed by atoms with Crippen molar-refractivity contribution in [3.8, 4) is 0 Å². The summed E-state index contributed by atoms with van der Waals surface area (Å²) >= 11 is 0. The zero-order valence-corrected chi connectivity index (χ0v) is 21.5. The molecular weight excluding hydrogens is 414 g/mol. The van der Waals surface area contributed by atoms with Crippen LogP contribution in [0.3, 0.4) is 0 Å². The van der Waals surface area contributed by atoms with Crippen molar-refractivity contribution in [2.24, 2.45) is 40.4 Å². The Labute approximate surface area is 200 Å². The van der Waals surface area contributed by atoms with Crippen molar-refractivity contribution in [1.82, 2.24) is 4.90 Å². The number of rotatable bonds is 7. The van der Waals surface area contributed by atoms with Crippen LogP contribution in [-0.2, 0) is 19.1 Å². The first-order valence-corrected chi connectivity index (χ1v) is 13.7. The van der Waals surface area contributed by atoms with Gasteiger partial charge in [0.25, 0.3) is 0 Å². The second-order valence-electron chi connectivity index (χ2n) is 12.8. The summed E-state index contributed by atoms with van der Waals surface area (Å²) in [6.07, 6.45) is 10.9. The molecule has 1 saturated heterocycles. The monoisotopic (exact) mass is 459 g/mol. The Morgan fingerprint density at radius 1 is 1.06 bits per heavy atom. The van der Waals surface area contributed by atoms with Crippen molar-refractivity contribution in [3.63, 3.8) is 0 Å². The Morgan fingerprint density at radius 3 is 2.58 bits per heavy atom. The van der Waals surface area contributed by atoms with Crippen LogP contribution in [0.2, 0.25) is 0 Å². The number of Topliss-reactive ketones (excluding diaryl/α,β-unsaturated/α-hetero) is 1. The smallest absolute Gasteiger partial charge is 0.320 e. The molecule has 0 aromatic carbocycles. The lowest BCUT2D eigenvalue weighted by Crippen LogP contribution is -2.60. The van der Waals surface area contributed by atoms with Gasteiger partial charge in [-0.3, -0.25) is 14.5 Å². The number of carbonyl (C=O) groups is 2. The molecule has 0 aromatic rings. The summed E-state index contributed by atoms with van der Waals surface area (Å²) in [5.74, 6) is 2.56. The number of likely N-dealkylation sites (N-methyl/N-ethyl adjacent to an activating group) is 1. The number of ketones is 1. The molecule has 5 rings (SSSR count). The van der Waals surface area contributed by atoms with Crippen LogP contribution in [0.25, 0.3) is 0 Å². The Morgan fingerprint density at radius 2 is 1.85 bits per heavy atom. The molecule has 5 fully saturated rings. The first kappa shape index (κ1) is 23.8. The number of carbonyl (C=O) groups excluding carboxylic acids is 2. The van der Waals surface area contributed by atoms with Crippen LogP contribution in [0.4, 0.5) is 0 Å². The minimum Gasteiger partial charge on any atom is -0.461 e. The maximum Gasteiger partial charge on any atom is 0.320 e. The molecule has 10 atom stereocenters. The second-order valence-corrected chi connectivity index (χ2v) is 12.8. The molecule has 4 saturated carbocycles. The van der Waals surface area contributed by atoms with Gasteiger partial charge in [0.15, 0.2) is 0 Å². The fourth-order valence-corrected chi connectivity index (χ4v) is 9.32. The van der Waals surface area contributed by atoms with E-state index in [1.807, 2.05) is 7.05 Å². The highest BCUT2D eigenvalue weighted by Crippen LogP contribution is 2.69. The van der Waals surface area contributed by atoms with Crippen molar-refractivity contribution in [1.29, 1.82) is 0 Å². The number of esters is 1. The van der Waals surface area contributed by atoms with Gasteiger partial charge in [-0.05, 0) is 100 Å². The normalized spacial score (nSPS) is 47.8. The van der Waals surface area contributed by atoms with Gasteiger partial charge >= 0.3 is 5.97 Å². The molecule has 33 heavy (non-hydrogen) atoms. The van der Waals surface area contributed by atoms with Crippen LogP contribution in [0, 0.1) is 40.4 Å². The van der Waals surface area contributed by atoms with Crippen LogP contribution < -0.4 is 0 Å². The largest absolute Gasteiger partial charge is 0.461 e. The summed E-state index contributed by atoms with van der Waals surface area (Å²) in [4.78, 5) is 27.9. The van der Waals surface area contributed by atoms with Crippen molar-refractivity contribution in [2.45, 2.75) is 104 Å². The van der Waals surface area contributed by atoms with Gasteiger partial charge in [-0.25, -0.2) is 0 Å². The van der Waals surface area contributed by atoms with Gasteiger partial charge in [0.2, 0.25) is 0 Å². The first-order chi connectivity index (χ1) is 15.7. The Bertz CT molecular complexity index is 784. The Kier molecular flexibility index (Phi) is 6.21. The third-order valence-electron chi connectivity index (χ3n) is 10.9. The molecule has 0 bridgehead atoms. The number of ether oxygens (including phenoxy) is 2. The Balaban J connectivity index is 1.42. The van der Waals surface area contributed by atoms with E-state index in [2.05, 4.69) is 25.7 Å². The Hall–Kier alpha value is -0.940. The molecule has 0 unspecified atom stereocenters. The van der Waals surface area contributed by atoms with E-state index < -0.39 is 0 Å². The number of epoxide rings is 1. The number of hydrogen-bond donors (Lipinski definition) is 0. The summed E-state index contributed by atoms with van der Waals surface area (Å²) in [5, 5.41) is 0. The molecule has 5 nitrogen and oxygen atoms in total. The quantitative estimate of drug-likeness (QED) is 0.402. The standard InChI is InChI=1S/C28H45NO4/c1-6-7-12-29(5)16-25(31)33-24-15-28(4)20(17(2)30)10-11-21(28)19-9-8-18-13-22-23(32-22)14-27(18,3)26(19)24/h18-24,26H,6-16H2,1-5H3/t18-,19-,20+,21-,22-,23+,24-,26+,27-,28+/m0/s1. The van der Waals surface area contributed by atoms with Gasteiger partial charge < -0.3 is 9.47 Å². The highest BCUT2D eigenvalue weighted by Gasteiger charge is 2.67. The first-order valence-electron chi connectivity index (χ1n) is 13.7. The summed E-state index contributed by atoms with van der Waals surface area (Å²) in [5.41, 5.74) is 0.137. The van der Waals surface area contributed by atoms with E-state index in [9.17, 15) is 9.59 Å². The molecule has 4 aliphatic carbocycles. The number of unbranched alkanes of at least 4 members (excludes halogenated alkanes) is 1. The van der Waals surface area contributed by atoms with E-state index in [1.165, 1.54) is 19.3 Å². The van der Waals surface area contributed by atoms with Crippen molar-refractivity contribution in [3.05, 3.63) is 0 Å². The average Bonchev–Trinajstić information content (AvgIpc) is 3.38. The predicted octanol–water partition coefficient (Wildman–Crippen LogP) is 4.87. The third kappa shape index (κ3) is 3.99. The minimum atomic E-state index is -0.0844. The van der Waals surface area contributed by atoms with Crippen molar-refractivity contribution < 1.29 is 19.1 Å². The molecule has 5 aliphatic rings. The van der Waals surface area contributed by atoms with E-state index in [4.69, 9.17) is 9.47 Å². The van der Waals surface area contributed by atoms with Crippen LogP contribution in [0.15, 0.2) is 0 Å². The topological polar surface area (TPSA) is 59.1 Å². The zero-order valence-electron chi connectivity index (χ0n) is 21.5. The highest BCUT2D eigenvalue weighted by molar-refractivity contribution is 5.79. The molecule has 0 spiro atoms. The predicted molar refractivity (Wildman–Crippen MR) is 128 cm³/mol. The van der Waals surface area contributed by atoms with E-state index in [1.54, 1.807) is 6.92 Å². The van der Waals surface area contributed by atoms with Gasteiger partial charge in [-0.15, -0.1) is 0 Å². The summed E-state index contributed by atoms with van der Waals surface area (Å²) in [6.45, 7) is 10.1. The SMILES string of the molecule is CCCCN(C)CC(=O)O[C@H]1C[C@]2(C)[C@@H](C(C)=O)CC[C@H]2[C@@H]2CC[C@H]3C[C@@H]4O[C@@H]4C[C@]3(C)[C@H]21. The van der Waals surface area contributed by atoms with Crippen molar-refractivity contribution >= 4 is 11.8 Å². The van der Waals surface area contributed by atoms with Gasteiger partial charge in [0.05, 0.1) is 18.8 Å². The second kappa shape index (κ2) is 8.62. The lowest BCUT2D eigenvalue weighted by molar-refractivity contribution is -0.193. The molecule has 0 N–H and O–H groups in total. The molecule has 0 amide bonds. The minimum absolute atomic E-state index is 0.0391. The number of hydrogen-bond acceptors (Lipinski definition) is 5. The fourth-order valence-electron chi connectivity index (χ4n) is 9.32. The molecule has 0 radical (unpaired) electrons. The van der Waals surface area contributed by atoms with E-state index in [0.29, 0.717) is 48.2 Å². The molecule has 186 valence electrons. The zero-order chi connectivity index (χ0) is 23.5. The maximum atomic E-state index is 13.2. The van der Waals surface area contributed by atoms with Crippen LogP contribution >= 0.6 is 0 Å². The van der Waals surface area contributed by atoms with E-state index in [0.717, 1.165) is 45.1 Å². The average molecular weight is 460 g/mol. The van der Waals surface area contributed by atoms with E-state index >= 15 is 0 Å². The fraction of sp³-hybridized carbons (Fsp3) is 0.929. The highest BCUT2D eigenvalue weighted by atomic mass is 16.6. The third-order valence-corrected chi connectivity index (χ3v) is 10.9.